The molecule has 0 aromatic carbocycles. The van der Waals surface area contributed by atoms with Crippen molar-refractivity contribution < 1.29 is 28.6 Å². The van der Waals surface area contributed by atoms with Crippen LogP contribution >= 0.6 is 0 Å². The number of carbonyl (C=O) groups is 3. The quantitative estimate of drug-likeness (QED) is 0.0261. The maximum absolute atomic E-state index is 12.9. The van der Waals surface area contributed by atoms with E-state index in [-0.39, 0.29) is 31.1 Å². The van der Waals surface area contributed by atoms with Crippen LogP contribution in [0.3, 0.4) is 0 Å². The summed E-state index contributed by atoms with van der Waals surface area (Å²) in [7, 11) is 0. The van der Waals surface area contributed by atoms with E-state index in [0.717, 1.165) is 122 Å². The Labute approximate surface area is 483 Å². The van der Waals surface area contributed by atoms with Gasteiger partial charge in [-0.2, -0.15) is 0 Å². The molecule has 6 heteroatoms. The van der Waals surface area contributed by atoms with Crippen molar-refractivity contribution in [2.45, 2.75) is 329 Å². The predicted octanol–water partition coefficient (Wildman–Crippen LogP) is 22.8. The first-order chi connectivity index (χ1) is 38.5. The van der Waals surface area contributed by atoms with Crippen LogP contribution in [0.1, 0.15) is 323 Å². The largest absolute Gasteiger partial charge is 0.462 e. The third-order valence-corrected chi connectivity index (χ3v) is 14.4. The molecule has 448 valence electrons. The first-order valence-corrected chi connectivity index (χ1v) is 33.2. The lowest BCUT2D eigenvalue weighted by Crippen LogP contribution is -2.30. The van der Waals surface area contributed by atoms with E-state index in [0.29, 0.717) is 19.3 Å². The Morgan fingerprint density at radius 3 is 0.782 bits per heavy atom. The molecule has 0 aliphatic carbocycles. The van der Waals surface area contributed by atoms with Gasteiger partial charge in [0.15, 0.2) is 6.10 Å². The summed E-state index contributed by atoms with van der Waals surface area (Å²) < 4.78 is 16.9. The number of esters is 3. The summed E-state index contributed by atoms with van der Waals surface area (Å²) in [5.41, 5.74) is 0. The van der Waals surface area contributed by atoms with Crippen molar-refractivity contribution in [2.24, 2.45) is 0 Å². The van der Waals surface area contributed by atoms with E-state index >= 15 is 0 Å². The second-order valence-corrected chi connectivity index (χ2v) is 22.0. The second kappa shape index (κ2) is 65.8. The highest BCUT2D eigenvalue weighted by atomic mass is 16.6. The molecule has 0 aromatic heterocycles. The molecule has 0 bridgehead atoms. The molecule has 0 rings (SSSR count). The van der Waals surface area contributed by atoms with Crippen LogP contribution in [0.25, 0.3) is 0 Å². The van der Waals surface area contributed by atoms with Gasteiger partial charge in [-0.05, 0) is 83.5 Å². The summed E-state index contributed by atoms with van der Waals surface area (Å²) in [6, 6.07) is 0. The molecule has 1 atom stereocenters. The highest BCUT2D eigenvalue weighted by Crippen LogP contribution is 2.17. The molecule has 0 fully saturated rings. The van der Waals surface area contributed by atoms with Gasteiger partial charge in [-0.1, -0.05) is 317 Å². The van der Waals surface area contributed by atoms with Gasteiger partial charge in [0.05, 0.1) is 0 Å². The lowest BCUT2D eigenvalue weighted by Gasteiger charge is -2.18. The lowest BCUT2D eigenvalue weighted by molar-refractivity contribution is -0.167. The molecule has 0 N–H and O–H groups in total. The zero-order chi connectivity index (χ0) is 56.4. The molecule has 0 radical (unpaired) electrons. The molecular weight excluding hydrogens is 961 g/mol. The van der Waals surface area contributed by atoms with Gasteiger partial charge in [-0.3, -0.25) is 14.4 Å². The standard InChI is InChI=1S/C72H124O6/c1-4-7-10-13-16-19-21-23-25-27-29-31-32-33-34-35-36-37-38-39-40-41-43-44-46-48-50-53-56-59-62-65-71(74)77-68-69(67-76-70(73)64-61-58-55-52-18-15-12-9-6-3)78-72(75)66-63-60-57-54-51-49-47-45-42-30-28-26-24-22-20-17-14-11-8-5-2/h7,10,16,19,23,25,29,31,33-34,36-37,39-40,43-44,69H,4-6,8-9,11-15,17-18,20-22,24,26-28,30,32,35,38,41-42,45-68H2,1-3H3/b10-7-,19-16-,25-23-,31-29-,34-33-,37-36-,40-39-,44-43-. The Morgan fingerprint density at radius 1 is 0.269 bits per heavy atom. The van der Waals surface area contributed by atoms with Crippen LogP contribution in [-0.2, 0) is 28.6 Å². The monoisotopic (exact) mass is 1080 g/mol. The van der Waals surface area contributed by atoms with Crippen molar-refractivity contribution in [1.29, 1.82) is 0 Å². The molecule has 0 heterocycles. The minimum atomic E-state index is -0.781. The summed E-state index contributed by atoms with van der Waals surface area (Å²) in [5, 5.41) is 0. The zero-order valence-electron chi connectivity index (χ0n) is 51.4. The number of unbranched alkanes of at least 4 members (excludes halogenated alkanes) is 33. The molecule has 0 aliphatic heterocycles. The highest BCUT2D eigenvalue weighted by Gasteiger charge is 2.19. The van der Waals surface area contributed by atoms with Crippen molar-refractivity contribution >= 4 is 17.9 Å². The summed E-state index contributed by atoms with van der Waals surface area (Å²) in [5.74, 6) is -0.882. The van der Waals surface area contributed by atoms with Crippen molar-refractivity contribution in [3.63, 3.8) is 0 Å². The Morgan fingerprint density at radius 2 is 0.500 bits per heavy atom. The van der Waals surface area contributed by atoms with Gasteiger partial charge in [0.2, 0.25) is 0 Å². The Balaban J connectivity index is 4.22. The van der Waals surface area contributed by atoms with E-state index in [1.807, 2.05) is 0 Å². The van der Waals surface area contributed by atoms with Crippen LogP contribution in [0.15, 0.2) is 97.2 Å². The number of carbonyl (C=O) groups excluding carboxylic acids is 3. The fraction of sp³-hybridized carbons (Fsp3) is 0.736. The SMILES string of the molecule is CC/C=C\C/C=C\C/C=C\C/C=C\C/C=C\C/C=C\C/C=C\C/C=C\CCCCCCCCC(=O)OCC(COC(=O)CCCCCCCCCCC)OC(=O)CCCCCCCCCCCCCCCCCCCCCC. The summed E-state index contributed by atoms with van der Waals surface area (Å²) in [4.78, 5) is 38.2. The normalized spacial score (nSPS) is 12.7. The third-order valence-electron chi connectivity index (χ3n) is 14.4. The molecule has 78 heavy (non-hydrogen) atoms. The molecule has 0 aliphatic rings. The van der Waals surface area contributed by atoms with Gasteiger partial charge in [-0.25, -0.2) is 0 Å². The van der Waals surface area contributed by atoms with E-state index in [9.17, 15) is 14.4 Å². The number of ether oxygens (including phenoxy) is 3. The summed E-state index contributed by atoms with van der Waals surface area (Å²) >= 11 is 0. The van der Waals surface area contributed by atoms with E-state index in [4.69, 9.17) is 14.2 Å². The van der Waals surface area contributed by atoms with Crippen LogP contribution in [0.2, 0.25) is 0 Å². The lowest BCUT2D eigenvalue weighted by atomic mass is 10.0. The van der Waals surface area contributed by atoms with Crippen LogP contribution in [-0.4, -0.2) is 37.2 Å². The van der Waals surface area contributed by atoms with Gasteiger partial charge in [0.25, 0.3) is 0 Å². The van der Waals surface area contributed by atoms with Crippen LogP contribution in [0.4, 0.5) is 0 Å². The molecule has 0 saturated heterocycles. The van der Waals surface area contributed by atoms with E-state index in [2.05, 4.69) is 118 Å². The zero-order valence-corrected chi connectivity index (χ0v) is 51.4. The number of hydrogen-bond donors (Lipinski definition) is 0. The Kier molecular flexibility index (Phi) is 62.7. The molecule has 0 spiro atoms. The predicted molar refractivity (Wildman–Crippen MR) is 339 cm³/mol. The van der Waals surface area contributed by atoms with Gasteiger partial charge < -0.3 is 14.2 Å². The van der Waals surface area contributed by atoms with E-state index < -0.39 is 6.10 Å². The second-order valence-electron chi connectivity index (χ2n) is 22.0. The molecule has 6 nitrogen and oxygen atoms in total. The average Bonchev–Trinajstić information content (AvgIpc) is 3.44. The Hall–Kier alpha value is -3.67. The van der Waals surface area contributed by atoms with Crippen molar-refractivity contribution in [2.75, 3.05) is 13.2 Å². The number of rotatable bonds is 60. The smallest absolute Gasteiger partial charge is 0.306 e. The van der Waals surface area contributed by atoms with Crippen molar-refractivity contribution in [1.82, 2.24) is 0 Å². The van der Waals surface area contributed by atoms with E-state index in [1.165, 1.54) is 161 Å². The van der Waals surface area contributed by atoms with Gasteiger partial charge >= 0.3 is 17.9 Å². The maximum atomic E-state index is 12.9. The average molecular weight is 1090 g/mol. The summed E-state index contributed by atoms with van der Waals surface area (Å²) in [6.07, 6.45) is 88.6. The van der Waals surface area contributed by atoms with Gasteiger partial charge in [0.1, 0.15) is 13.2 Å². The highest BCUT2D eigenvalue weighted by molar-refractivity contribution is 5.71. The molecule has 0 aromatic rings. The summed E-state index contributed by atoms with van der Waals surface area (Å²) in [6.45, 7) is 6.53. The van der Waals surface area contributed by atoms with E-state index in [1.54, 1.807) is 0 Å². The molecule has 0 amide bonds. The Bertz CT molecular complexity index is 1530. The van der Waals surface area contributed by atoms with Crippen LogP contribution in [0.5, 0.6) is 0 Å². The van der Waals surface area contributed by atoms with Gasteiger partial charge in [-0.15, -0.1) is 0 Å². The fourth-order valence-electron chi connectivity index (χ4n) is 9.40. The van der Waals surface area contributed by atoms with Crippen molar-refractivity contribution in [3.8, 4) is 0 Å². The number of hydrogen-bond acceptors (Lipinski definition) is 6. The number of allylic oxidation sites excluding steroid dienone is 16. The molecule has 0 saturated carbocycles. The fourth-order valence-corrected chi connectivity index (χ4v) is 9.40. The maximum Gasteiger partial charge on any atom is 0.306 e. The third kappa shape index (κ3) is 63.2. The molecular formula is C72H124O6. The minimum absolute atomic E-state index is 0.0779. The van der Waals surface area contributed by atoms with Crippen LogP contribution in [0, 0.1) is 0 Å². The minimum Gasteiger partial charge on any atom is -0.462 e. The molecule has 1 unspecified atom stereocenters. The first-order valence-electron chi connectivity index (χ1n) is 33.2. The van der Waals surface area contributed by atoms with Crippen molar-refractivity contribution in [3.05, 3.63) is 97.2 Å². The first kappa shape index (κ1) is 74.3. The van der Waals surface area contributed by atoms with Gasteiger partial charge in [0, 0.05) is 19.3 Å². The van der Waals surface area contributed by atoms with Crippen LogP contribution < -0.4 is 0 Å². The topological polar surface area (TPSA) is 78.9 Å².